The van der Waals surface area contributed by atoms with Gasteiger partial charge in [-0.15, -0.1) is 0 Å². The molecule has 0 spiro atoms. The summed E-state index contributed by atoms with van der Waals surface area (Å²) in [6.45, 7) is 3.67. The molecule has 0 fully saturated rings. The van der Waals surface area contributed by atoms with Crippen LogP contribution in [0.4, 0.5) is 5.69 Å². The van der Waals surface area contributed by atoms with E-state index in [-0.39, 0.29) is 34.3 Å². The Hall–Kier alpha value is -1.76. The highest BCUT2D eigenvalue weighted by Crippen LogP contribution is 2.32. The van der Waals surface area contributed by atoms with Gasteiger partial charge in [0, 0.05) is 18.0 Å². The molecule has 8 heteroatoms. The van der Waals surface area contributed by atoms with Crippen molar-refractivity contribution in [3.8, 4) is 0 Å². The summed E-state index contributed by atoms with van der Waals surface area (Å²) in [4.78, 5) is 10.7. The number of carboxylic acids is 1. The van der Waals surface area contributed by atoms with Crippen molar-refractivity contribution in [3.63, 3.8) is 0 Å². The number of nitrogens with zero attached hydrogens (tertiary/aromatic N) is 1. The van der Waals surface area contributed by atoms with Crippen molar-refractivity contribution in [2.45, 2.75) is 31.6 Å². The van der Waals surface area contributed by atoms with Crippen molar-refractivity contribution in [1.82, 2.24) is 0 Å². The molecule has 2 rings (SSSR count). The van der Waals surface area contributed by atoms with Crippen LogP contribution in [0, 0.1) is 13.8 Å². The maximum atomic E-state index is 13.3. The second-order valence-electron chi connectivity index (χ2n) is 5.94. The molecule has 0 radical (unpaired) electrons. The zero-order chi connectivity index (χ0) is 19.5. The Bertz CT molecular complexity index is 929. The molecular formula is C18H19Cl2NO4S. The van der Waals surface area contributed by atoms with Crippen LogP contribution in [0.5, 0.6) is 0 Å². The minimum atomic E-state index is -4.02. The lowest BCUT2D eigenvalue weighted by Gasteiger charge is -2.27. The first-order valence-electron chi connectivity index (χ1n) is 7.90. The maximum Gasteiger partial charge on any atom is 0.303 e. The number of halogens is 2. The van der Waals surface area contributed by atoms with E-state index in [2.05, 4.69) is 0 Å². The van der Waals surface area contributed by atoms with Gasteiger partial charge in [-0.25, -0.2) is 8.42 Å². The van der Waals surface area contributed by atoms with E-state index in [9.17, 15) is 13.2 Å². The number of carbonyl (C=O) groups is 1. The Morgan fingerprint density at radius 1 is 1.12 bits per heavy atom. The molecule has 0 aliphatic rings. The van der Waals surface area contributed by atoms with E-state index in [1.165, 1.54) is 22.5 Å². The molecule has 0 aromatic heterocycles. The lowest BCUT2D eigenvalue weighted by molar-refractivity contribution is -0.137. The summed E-state index contributed by atoms with van der Waals surface area (Å²) < 4.78 is 27.8. The van der Waals surface area contributed by atoms with Gasteiger partial charge in [-0.2, -0.15) is 0 Å². The van der Waals surface area contributed by atoms with Crippen molar-refractivity contribution in [1.29, 1.82) is 0 Å². The molecule has 0 heterocycles. The first-order chi connectivity index (χ1) is 12.1. The van der Waals surface area contributed by atoms with Gasteiger partial charge < -0.3 is 5.11 Å². The van der Waals surface area contributed by atoms with Gasteiger partial charge in [-0.1, -0.05) is 35.3 Å². The Labute approximate surface area is 163 Å². The molecule has 5 nitrogen and oxygen atoms in total. The average molecular weight is 416 g/mol. The van der Waals surface area contributed by atoms with Crippen LogP contribution in [0.2, 0.25) is 10.0 Å². The highest BCUT2D eigenvalue weighted by molar-refractivity contribution is 7.93. The number of anilines is 1. The first kappa shape index (κ1) is 20.6. The molecule has 0 unspecified atom stereocenters. The number of aryl methyl sites for hydroxylation is 2. The number of hydrogen-bond acceptors (Lipinski definition) is 3. The second-order valence-corrected chi connectivity index (χ2v) is 8.61. The molecular weight excluding hydrogens is 397 g/mol. The summed E-state index contributed by atoms with van der Waals surface area (Å²) in [5.74, 6) is -0.982. The number of rotatable bonds is 7. The van der Waals surface area contributed by atoms with Gasteiger partial charge in [-0.05, 0) is 55.7 Å². The number of aliphatic carboxylic acids is 1. The summed E-state index contributed by atoms with van der Waals surface area (Å²) in [5, 5.41) is 9.20. The zero-order valence-electron chi connectivity index (χ0n) is 14.4. The van der Waals surface area contributed by atoms with Gasteiger partial charge in [0.15, 0.2) is 0 Å². The minimum Gasteiger partial charge on any atom is -0.481 e. The van der Waals surface area contributed by atoms with E-state index in [4.69, 9.17) is 28.3 Å². The Morgan fingerprint density at radius 3 is 2.46 bits per heavy atom. The van der Waals surface area contributed by atoms with Crippen molar-refractivity contribution in [3.05, 3.63) is 57.6 Å². The van der Waals surface area contributed by atoms with Crippen LogP contribution in [0.1, 0.15) is 24.0 Å². The van der Waals surface area contributed by atoms with E-state index >= 15 is 0 Å². The molecule has 0 aliphatic carbocycles. The fourth-order valence-electron chi connectivity index (χ4n) is 2.53. The van der Waals surface area contributed by atoms with Crippen molar-refractivity contribution >= 4 is 44.9 Å². The molecule has 0 saturated heterocycles. The van der Waals surface area contributed by atoms with Crippen molar-refractivity contribution in [2.75, 3.05) is 10.8 Å². The third-order valence-electron chi connectivity index (χ3n) is 3.85. The smallest absolute Gasteiger partial charge is 0.303 e. The molecule has 2 aromatic carbocycles. The Morgan fingerprint density at radius 2 is 1.81 bits per heavy atom. The molecule has 0 aliphatic heterocycles. The van der Waals surface area contributed by atoms with Crippen LogP contribution in [0.25, 0.3) is 0 Å². The van der Waals surface area contributed by atoms with Gasteiger partial charge in [0.2, 0.25) is 0 Å². The Kier molecular flexibility index (Phi) is 6.55. The van der Waals surface area contributed by atoms with Gasteiger partial charge in [0.25, 0.3) is 10.0 Å². The van der Waals surface area contributed by atoms with E-state index < -0.39 is 16.0 Å². The highest BCUT2D eigenvalue weighted by Gasteiger charge is 2.28. The minimum absolute atomic E-state index is 0.0156. The lowest BCUT2D eigenvalue weighted by Crippen LogP contribution is -2.33. The van der Waals surface area contributed by atoms with E-state index in [0.29, 0.717) is 5.69 Å². The molecule has 0 saturated carbocycles. The number of sulfonamides is 1. The summed E-state index contributed by atoms with van der Waals surface area (Å²) >= 11 is 12.1. The van der Waals surface area contributed by atoms with Crippen molar-refractivity contribution < 1.29 is 18.3 Å². The molecule has 0 atom stereocenters. The zero-order valence-corrected chi connectivity index (χ0v) is 16.7. The second kappa shape index (κ2) is 8.29. The summed E-state index contributed by atoms with van der Waals surface area (Å²) in [6, 6.07) is 9.70. The van der Waals surface area contributed by atoms with Gasteiger partial charge in [0.1, 0.15) is 4.90 Å². The van der Waals surface area contributed by atoms with Crippen LogP contribution in [0.15, 0.2) is 41.3 Å². The number of benzene rings is 2. The quantitative estimate of drug-likeness (QED) is 0.712. The average Bonchev–Trinajstić information content (AvgIpc) is 2.56. The van der Waals surface area contributed by atoms with Gasteiger partial charge >= 0.3 is 5.97 Å². The topological polar surface area (TPSA) is 74.7 Å². The SMILES string of the molecule is Cc1ccc(C)c(N(CCCC(=O)O)S(=O)(=O)c2cc(Cl)ccc2Cl)c1. The molecule has 0 amide bonds. The van der Waals surface area contributed by atoms with Gasteiger partial charge in [-0.3, -0.25) is 9.10 Å². The first-order valence-corrected chi connectivity index (χ1v) is 10.1. The summed E-state index contributed by atoms with van der Waals surface area (Å²) in [7, 11) is -4.02. The molecule has 1 N–H and O–H groups in total. The molecule has 26 heavy (non-hydrogen) atoms. The fourth-order valence-corrected chi connectivity index (χ4v) is 4.83. The summed E-state index contributed by atoms with van der Waals surface area (Å²) in [6.07, 6.45) is 0.0281. The third-order valence-corrected chi connectivity index (χ3v) is 6.38. The van der Waals surface area contributed by atoms with Crippen LogP contribution >= 0.6 is 23.2 Å². The van der Waals surface area contributed by atoms with Crippen LogP contribution < -0.4 is 4.31 Å². The lowest BCUT2D eigenvalue weighted by atomic mass is 10.1. The van der Waals surface area contributed by atoms with E-state index in [0.717, 1.165) is 11.1 Å². The Balaban J connectivity index is 2.56. The largest absolute Gasteiger partial charge is 0.481 e. The van der Waals surface area contributed by atoms with Crippen LogP contribution in [-0.4, -0.2) is 26.0 Å². The normalized spacial score (nSPS) is 11.4. The predicted molar refractivity (Wildman–Crippen MR) is 104 cm³/mol. The fraction of sp³-hybridized carbons (Fsp3) is 0.278. The van der Waals surface area contributed by atoms with Crippen LogP contribution in [-0.2, 0) is 14.8 Å². The number of hydrogen-bond donors (Lipinski definition) is 1. The van der Waals surface area contributed by atoms with Crippen molar-refractivity contribution in [2.24, 2.45) is 0 Å². The molecule has 0 bridgehead atoms. The van der Waals surface area contributed by atoms with Crippen LogP contribution in [0.3, 0.4) is 0 Å². The van der Waals surface area contributed by atoms with Gasteiger partial charge in [0.05, 0.1) is 10.7 Å². The highest BCUT2D eigenvalue weighted by atomic mass is 35.5. The number of carboxylic acid groups (broad SMARTS) is 1. The molecule has 2 aromatic rings. The third kappa shape index (κ3) is 4.69. The maximum absolute atomic E-state index is 13.3. The standard InChI is InChI=1S/C18H19Cl2NO4S/c1-12-5-6-13(2)16(10-12)21(9-3-4-18(22)23)26(24,25)17-11-14(19)7-8-15(17)20/h5-8,10-11H,3-4,9H2,1-2H3,(H,22,23). The van der Waals surface area contributed by atoms with E-state index in [1.54, 1.807) is 13.0 Å². The monoisotopic (exact) mass is 415 g/mol. The summed E-state index contributed by atoms with van der Waals surface area (Å²) in [5.41, 5.74) is 2.14. The molecule has 140 valence electrons. The van der Waals surface area contributed by atoms with E-state index in [1.807, 2.05) is 19.1 Å². The predicted octanol–water partition coefficient (Wildman–Crippen LogP) is 4.67.